The summed E-state index contributed by atoms with van der Waals surface area (Å²) in [4.78, 5) is 11.0. The van der Waals surface area contributed by atoms with Crippen LogP contribution in [0.4, 0.5) is 5.82 Å². The number of pyridine rings is 2. The predicted molar refractivity (Wildman–Crippen MR) is 87.1 cm³/mol. The van der Waals surface area contributed by atoms with Crippen LogP contribution < -0.4 is 15.4 Å². The number of aryl methyl sites for hydroxylation is 1. The highest BCUT2D eigenvalue weighted by molar-refractivity contribution is 5.38. The van der Waals surface area contributed by atoms with Gasteiger partial charge in [-0.25, -0.2) is 9.97 Å². The van der Waals surface area contributed by atoms with E-state index in [1.165, 1.54) is 5.56 Å². The largest absolute Gasteiger partial charge is 0.472 e. The van der Waals surface area contributed by atoms with Crippen LogP contribution >= 0.6 is 0 Å². The normalized spacial score (nSPS) is 16.7. The average molecular weight is 298 g/mol. The molecular weight excluding hydrogens is 276 g/mol. The molecule has 2 N–H and O–H groups in total. The number of anilines is 1. The van der Waals surface area contributed by atoms with Crippen LogP contribution in [0.5, 0.6) is 5.88 Å². The molecule has 2 aromatic heterocycles. The maximum absolute atomic E-state index is 6.05. The molecule has 0 saturated carbocycles. The lowest BCUT2D eigenvalue weighted by Gasteiger charge is -2.31. The summed E-state index contributed by atoms with van der Waals surface area (Å²) in [6, 6.07) is 10.0. The molecule has 0 aromatic carbocycles. The standard InChI is InChI=1S/C17H22N4O/c18-9-4-12-21(16-6-1-2-10-19-16)13-15-8-7-14-5-3-11-20-17(14)22-15/h1-3,5-6,10-11,15H,4,7-9,12-13,18H2. The lowest BCUT2D eigenvalue weighted by atomic mass is 10.0. The zero-order valence-electron chi connectivity index (χ0n) is 12.7. The zero-order valence-corrected chi connectivity index (χ0v) is 12.7. The van der Waals surface area contributed by atoms with E-state index in [1.54, 1.807) is 6.20 Å². The van der Waals surface area contributed by atoms with E-state index in [-0.39, 0.29) is 6.10 Å². The second kappa shape index (κ2) is 7.22. The number of hydrogen-bond acceptors (Lipinski definition) is 5. The van der Waals surface area contributed by atoms with Gasteiger partial charge in [0.2, 0.25) is 5.88 Å². The van der Waals surface area contributed by atoms with Gasteiger partial charge in [-0.3, -0.25) is 0 Å². The van der Waals surface area contributed by atoms with E-state index >= 15 is 0 Å². The minimum Gasteiger partial charge on any atom is -0.472 e. The highest BCUT2D eigenvalue weighted by atomic mass is 16.5. The van der Waals surface area contributed by atoms with Gasteiger partial charge in [0.1, 0.15) is 11.9 Å². The van der Waals surface area contributed by atoms with Crippen LogP contribution in [0, 0.1) is 0 Å². The third kappa shape index (κ3) is 3.54. The lowest BCUT2D eigenvalue weighted by Crippen LogP contribution is -2.39. The topological polar surface area (TPSA) is 64.3 Å². The van der Waals surface area contributed by atoms with Crippen molar-refractivity contribution in [3.63, 3.8) is 0 Å². The van der Waals surface area contributed by atoms with Crippen molar-refractivity contribution in [1.82, 2.24) is 9.97 Å². The molecule has 1 aliphatic heterocycles. The third-order valence-electron chi connectivity index (χ3n) is 3.89. The molecule has 5 heteroatoms. The van der Waals surface area contributed by atoms with E-state index in [0.29, 0.717) is 6.54 Å². The summed E-state index contributed by atoms with van der Waals surface area (Å²) in [5.41, 5.74) is 6.86. The molecule has 2 aromatic rings. The molecule has 0 spiro atoms. The summed E-state index contributed by atoms with van der Waals surface area (Å²) in [6.45, 7) is 2.38. The van der Waals surface area contributed by atoms with Crippen molar-refractivity contribution >= 4 is 5.82 Å². The quantitative estimate of drug-likeness (QED) is 0.884. The van der Waals surface area contributed by atoms with Gasteiger partial charge >= 0.3 is 0 Å². The van der Waals surface area contributed by atoms with Crippen molar-refractivity contribution in [3.8, 4) is 5.88 Å². The van der Waals surface area contributed by atoms with Crippen LogP contribution in [0.15, 0.2) is 42.7 Å². The molecule has 0 aliphatic carbocycles. The summed E-state index contributed by atoms with van der Waals surface area (Å²) in [5.74, 6) is 1.75. The van der Waals surface area contributed by atoms with Gasteiger partial charge in [0.25, 0.3) is 0 Å². The smallest absolute Gasteiger partial charge is 0.216 e. The predicted octanol–water partition coefficient (Wildman–Crippen LogP) is 2.03. The maximum atomic E-state index is 6.05. The van der Waals surface area contributed by atoms with E-state index in [4.69, 9.17) is 10.5 Å². The van der Waals surface area contributed by atoms with Gasteiger partial charge in [0.15, 0.2) is 0 Å². The SMILES string of the molecule is NCCCN(CC1CCc2cccnc2O1)c1ccccn1. The average Bonchev–Trinajstić information content (AvgIpc) is 2.59. The van der Waals surface area contributed by atoms with Gasteiger partial charge in [-0.05, 0) is 44.0 Å². The van der Waals surface area contributed by atoms with Gasteiger partial charge in [0, 0.05) is 24.5 Å². The number of rotatable bonds is 6. The Morgan fingerprint density at radius 2 is 2.09 bits per heavy atom. The van der Waals surface area contributed by atoms with Gasteiger partial charge < -0.3 is 15.4 Å². The Morgan fingerprint density at radius 1 is 1.18 bits per heavy atom. The summed E-state index contributed by atoms with van der Waals surface area (Å²) in [5, 5.41) is 0. The highest BCUT2D eigenvalue weighted by Gasteiger charge is 2.23. The second-order valence-corrected chi connectivity index (χ2v) is 5.52. The molecule has 0 amide bonds. The van der Waals surface area contributed by atoms with E-state index in [2.05, 4.69) is 20.9 Å². The first-order valence-electron chi connectivity index (χ1n) is 7.83. The summed E-state index contributed by atoms with van der Waals surface area (Å²) >= 11 is 0. The first kappa shape index (κ1) is 14.8. The molecule has 1 atom stereocenters. The summed E-state index contributed by atoms with van der Waals surface area (Å²) < 4.78 is 6.05. The maximum Gasteiger partial charge on any atom is 0.216 e. The molecule has 116 valence electrons. The van der Waals surface area contributed by atoms with Gasteiger partial charge in [-0.2, -0.15) is 0 Å². The van der Waals surface area contributed by atoms with Crippen molar-refractivity contribution in [3.05, 3.63) is 48.3 Å². The van der Waals surface area contributed by atoms with Crippen molar-refractivity contribution < 1.29 is 4.74 Å². The number of aromatic nitrogens is 2. The fraction of sp³-hybridized carbons (Fsp3) is 0.412. The van der Waals surface area contributed by atoms with Crippen LogP contribution in [0.2, 0.25) is 0 Å². The van der Waals surface area contributed by atoms with E-state index in [9.17, 15) is 0 Å². The molecule has 5 nitrogen and oxygen atoms in total. The molecule has 1 aliphatic rings. The van der Waals surface area contributed by atoms with Crippen molar-refractivity contribution in [2.24, 2.45) is 5.73 Å². The van der Waals surface area contributed by atoms with Crippen molar-refractivity contribution in [2.45, 2.75) is 25.4 Å². The molecule has 1 unspecified atom stereocenters. The molecule has 3 heterocycles. The van der Waals surface area contributed by atoms with E-state index in [0.717, 1.165) is 44.0 Å². The van der Waals surface area contributed by atoms with Gasteiger partial charge in [-0.1, -0.05) is 12.1 Å². The summed E-state index contributed by atoms with van der Waals surface area (Å²) in [7, 11) is 0. The fourth-order valence-corrected chi connectivity index (χ4v) is 2.75. The summed E-state index contributed by atoms with van der Waals surface area (Å²) in [6.07, 6.45) is 6.71. The Bertz CT molecular complexity index is 590. The molecular formula is C17H22N4O. The van der Waals surface area contributed by atoms with E-state index < -0.39 is 0 Å². The van der Waals surface area contributed by atoms with Crippen molar-refractivity contribution in [2.75, 3.05) is 24.5 Å². The molecule has 0 radical (unpaired) electrons. The van der Waals surface area contributed by atoms with Crippen LogP contribution in [0.25, 0.3) is 0 Å². The minimum absolute atomic E-state index is 0.141. The molecule has 0 bridgehead atoms. The Balaban J connectivity index is 1.69. The van der Waals surface area contributed by atoms with E-state index in [1.807, 2.05) is 30.5 Å². The number of hydrogen-bond donors (Lipinski definition) is 1. The minimum atomic E-state index is 0.141. The highest BCUT2D eigenvalue weighted by Crippen LogP contribution is 2.25. The fourth-order valence-electron chi connectivity index (χ4n) is 2.75. The Kier molecular flexibility index (Phi) is 4.85. The number of nitrogens with zero attached hydrogens (tertiary/aromatic N) is 3. The molecule has 22 heavy (non-hydrogen) atoms. The zero-order chi connectivity index (χ0) is 15.2. The van der Waals surface area contributed by atoms with Gasteiger partial charge in [0.05, 0.1) is 6.54 Å². The first-order valence-corrected chi connectivity index (χ1v) is 7.83. The molecule has 0 saturated heterocycles. The second-order valence-electron chi connectivity index (χ2n) is 5.52. The number of fused-ring (bicyclic) bond motifs is 1. The first-order chi connectivity index (χ1) is 10.9. The van der Waals surface area contributed by atoms with Gasteiger partial charge in [-0.15, -0.1) is 0 Å². The Morgan fingerprint density at radius 3 is 2.91 bits per heavy atom. The Labute approximate surface area is 131 Å². The number of nitrogens with two attached hydrogens (primary N) is 1. The third-order valence-corrected chi connectivity index (χ3v) is 3.89. The van der Waals surface area contributed by atoms with Crippen LogP contribution in [0.1, 0.15) is 18.4 Å². The Hall–Kier alpha value is -2.14. The van der Waals surface area contributed by atoms with Crippen molar-refractivity contribution in [1.29, 1.82) is 0 Å². The molecule has 3 rings (SSSR count). The molecule has 0 fully saturated rings. The van der Waals surface area contributed by atoms with Crippen LogP contribution in [-0.2, 0) is 6.42 Å². The monoisotopic (exact) mass is 298 g/mol. The van der Waals surface area contributed by atoms with Crippen LogP contribution in [-0.4, -0.2) is 35.7 Å². The van der Waals surface area contributed by atoms with Crippen LogP contribution in [0.3, 0.4) is 0 Å². The number of ether oxygens (including phenoxy) is 1. The lowest BCUT2D eigenvalue weighted by molar-refractivity contribution is 0.169.